The van der Waals surface area contributed by atoms with Gasteiger partial charge in [-0.05, 0) is 77.0 Å². The molecule has 0 saturated heterocycles. The zero-order valence-electron chi connectivity index (χ0n) is 10.4. The van der Waals surface area contributed by atoms with Crippen LogP contribution in [0.5, 0.6) is 5.75 Å². The highest BCUT2D eigenvalue weighted by Gasteiger charge is 2.02. The highest BCUT2D eigenvalue weighted by molar-refractivity contribution is 14.1. The van der Waals surface area contributed by atoms with Crippen molar-refractivity contribution < 1.29 is 4.74 Å². The van der Waals surface area contributed by atoms with Crippen LogP contribution < -0.4 is 10.5 Å². The van der Waals surface area contributed by atoms with Crippen LogP contribution in [-0.2, 0) is 13.0 Å². The van der Waals surface area contributed by atoms with Crippen LogP contribution in [0.4, 0.5) is 0 Å². The molecule has 0 fully saturated rings. The normalized spacial score (nSPS) is 10.5. The number of nitrogens with two attached hydrogens (primary N) is 1. The maximum Gasteiger partial charge on any atom is 0.120 e. The summed E-state index contributed by atoms with van der Waals surface area (Å²) in [4.78, 5) is 0. The zero-order valence-corrected chi connectivity index (χ0v) is 14.1. The Labute approximate surface area is 135 Å². The van der Waals surface area contributed by atoms with E-state index in [9.17, 15) is 0 Å². The van der Waals surface area contributed by atoms with Crippen LogP contribution in [0.3, 0.4) is 0 Å². The third-order valence-electron chi connectivity index (χ3n) is 2.75. The topological polar surface area (TPSA) is 35.2 Å². The molecular formula is C15H15BrINO. The van der Waals surface area contributed by atoms with Crippen molar-refractivity contribution in [1.82, 2.24) is 0 Å². The van der Waals surface area contributed by atoms with Gasteiger partial charge in [-0.15, -0.1) is 0 Å². The average molecular weight is 432 g/mol. The first kappa shape index (κ1) is 14.8. The van der Waals surface area contributed by atoms with Crippen LogP contribution >= 0.6 is 38.5 Å². The number of hydrogen-bond acceptors (Lipinski definition) is 2. The second kappa shape index (κ2) is 7.26. The number of hydrogen-bond donors (Lipinski definition) is 1. The maximum absolute atomic E-state index is 5.81. The van der Waals surface area contributed by atoms with E-state index in [0.717, 1.165) is 16.6 Å². The molecule has 2 rings (SSSR count). The van der Waals surface area contributed by atoms with E-state index in [0.29, 0.717) is 13.2 Å². The molecule has 0 amide bonds. The zero-order chi connectivity index (χ0) is 13.7. The van der Waals surface area contributed by atoms with Crippen molar-refractivity contribution >= 4 is 38.5 Å². The largest absolute Gasteiger partial charge is 0.489 e. The van der Waals surface area contributed by atoms with E-state index in [-0.39, 0.29) is 0 Å². The molecule has 0 atom stereocenters. The third-order valence-corrected chi connectivity index (χ3v) is 4.24. The van der Waals surface area contributed by atoms with Crippen molar-refractivity contribution in [3.05, 3.63) is 61.6 Å². The number of ether oxygens (including phenoxy) is 1. The summed E-state index contributed by atoms with van der Waals surface area (Å²) in [5.74, 6) is 0.880. The monoisotopic (exact) mass is 431 g/mol. The molecular weight excluding hydrogens is 417 g/mol. The predicted octanol–water partition coefficient (Wildman–Crippen LogP) is 4.13. The van der Waals surface area contributed by atoms with Gasteiger partial charge in [0.1, 0.15) is 12.4 Å². The van der Waals surface area contributed by atoms with E-state index >= 15 is 0 Å². The van der Waals surface area contributed by atoms with Gasteiger partial charge in [0.25, 0.3) is 0 Å². The van der Waals surface area contributed by atoms with Crippen molar-refractivity contribution in [1.29, 1.82) is 0 Å². The summed E-state index contributed by atoms with van der Waals surface area (Å²) in [6.07, 6.45) is 0.849. The molecule has 0 aliphatic carbocycles. The highest BCUT2D eigenvalue weighted by atomic mass is 127. The Morgan fingerprint density at radius 2 is 1.84 bits per heavy atom. The number of rotatable bonds is 5. The summed E-state index contributed by atoms with van der Waals surface area (Å²) in [7, 11) is 0. The smallest absolute Gasteiger partial charge is 0.120 e. The Kier molecular flexibility index (Phi) is 5.66. The molecule has 0 bridgehead atoms. The predicted molar refractivity (Wildman–Crippen MR) is 90.4 cm³/mol. The molecule has 0 aliphatic heterocycles. The molecule has 0 heterocycles. The molecule has 2 aromatic carbocycles. The van der Waals surface area contributed by atoms with Crippen molar-refractivity contribution in [3.8, 4) is 5.75 Å². The molecule has 0 spiro atoms. The summed E-state index contributed by atoms with van der Waals surface area (Å²) in [6, 6.07) is 14.4. The Morgan fingerprint density at radius 3 is 2.53 bits per heavy atom. The van der Waals surface area contributed by atoms with Crippen LogP contribution in [0.1, 0.15) is 11.1 Å². The first-order valence-electron chi connectivity index (χ1n) is 6.05. The molecule has 0 unspecified atom stereocenters. The van der Waals surface area contributed by atoms with E-state index < -0.39 is 0 Å². The minimum atomic E-state index is 0.584. The van der Waals surface area contributed by atoms with Gasteiger partial charge in [0, 0.05) is 8.04 Å². The summed E-state index contributed by atoms with van der Waals surface area (Å²) < 4.78 is 8.12. The van der Waals surface area contributed by atoms with Crippen molar-refractivity contribution in [3.63, 3.8) is 0 Å². The summed E-state index contributed by atoms with van der Waals surface area (Å²) in [5.41, 5.74) is 7.95. The second-order valence-electron chi connectivity index (χ2n) is 4.21. The van der Waals surface area contributed by atoms with E-state index in [1.54, 1.807) is 0 Å². The fraction of sp³-hybridized carbons (Fsp3) is 0.200. The summed E-state index contributed by atoms with van der Waals surface area (Å²) in [6.45, 7) is 1.22. The molecule has 0 saturated carbocycles. The standard InChI is InChI=1S/C15H15BrINO/c16-15-6-5-14(9-12(15)7-8-18)19-10-11-1-3-13(17)4-2-11/h1-6,9H,7-8,10,18H2. The minimum Gasteiger partial charge on any atom is -0.489 e. The second-order valence-corrected chi connectivity index (χ2v) is 6.31. The lowest BCUT2D eigenvalue weighted by Crippen LogP contribution is -2.04. The van der Waals surface area contributed by atoms with Crippen LogP contribution in [0, 0.1) is 3.57 Å². The summed E-state index contributed by atoms with van der Waals surface area (Å²) in [5, 5.41) is 0. The van der Waals surface area contributed by atoms with Crippen molar-refractivity contribution in [2.45, 2.75) is 13.0 Å². The molecule has 0 aromatic heterocycles. The first-order valence-corrected chi connectivity index (χ1v) is 7.92. The Hall–Kier alpha value is -0.590. The van der Waals surface area contributed by atoms with Crippen LogP contribution in [0.25, 0.3) is 0 Å². The molecule has 2 nitrogen and oxygen atoms in total. The van der Waals surface area contributed by atoms with Gasteiger partial charge < -0.3 is 10.5 Å². The lowest BCUT2D eigenvalue weighted by molar-refractivity contribution is 0.306. The van der Waals surface area contributed by atoms with Crippen LogP contribution in [-0.4, -0.2) is 6.54 Å². The Balaban J connectivity index is 2.03. The van der Waals surface area contributed by atoms with Gasteiger partial charge >= 0.3 is 0 Å². The van der Waals surface area contributed by atoms with E-state index in [1.807, 2.05) is 18.2 Å². The van der Waals surface area contributed by atoms with Crippen LogP contribution in [0.15, 0.2) is 46.9 Å². The lowest BCUT2D eigenvalue weighted by Gasteiger charge is -2.09. The SMILES string of the molecule is NCCc1cc(OCc2ccc(I)cc2)ccc1Br. The quantitative estimate of drug-likeness (QED) is 0.722. The van der Waals surface area contributed by atoms with E-state index in [4.69, 9.17) is 10.5 Å². The van der Waals surface area contributed by atoms with Gasteiger partial charge in [0.2, 0.25) is 0 Å². The van der Waals surface area contributed by atoms with Gasteiger partial charge in [-0.25, -0.2) is 0 Å². The number of halogens is 2. The summed E-state index contributed by atoms with van der Waals surface area (Å²) >= 11 is 5.82. The van der Waals surface area contributed by atoms with Crippen molar-refractivity contribution in [2.75, 3.05) is 6.54 Å². The maximum atomic E-state index is 5.81. The molecule has 19 heavy (non-hydrogen) atoms. The molecule has 2 aromatic rings. The number of benzene rings is 2. The van der Waals surface area contributed by atoms with Gasteiger partial charge in [-0.2, -0.15) is 0 Å². The van der Waals surface area contributed by atoms with Crippen molar-refractivity contribution in [2.24, 2.45) is 5.73 Å². The molecule has 0 aliphatic rings. The molecule has 100 valence electrons. The fourth-order valence-corrected chi connectivity index (χ4v) is 2.54. The fourth-order valence-electron chi connectivity index (χ4n) is 1.74. The van der Waals surface area contributed by atoms with Gasteiger partial charge in [0.05, 0.1) is 0 Å². The Morgan fingerprint density at radius 1 is 1.11 bits per heavy atom. The molecule has 0 radical (unpaired) electrons. The molecule has 2 N–H and O–H groups in total. The van der Waals surface area contributed by atoms with Gasteiger partial charge in [-0.1, -0.05) is 28.1 Å². The lowest BCUT2D eigenvalue weighted by atomic mass is 10.1. The first-order chi connectivity index (χ1) is 9.19. The highest BCUT2D eigenvalue weighted by Crippen LogP contribution is 2.23. The molecule has 4 heteroatoms. The minimum absolute atomic E-state index is 0.584. The Bertz CT molecular complexity index is 542. The van der Waals surface area contributed by atoms with E-state index in [2.05, 4.69) is 62.8 Å². The van der Waals surface area contributed by atoms with Gasteiger partial charge in [0.15, 0.2) is 0 Å². The average Bonchev–Trinajstić information content (AvgIpc) is 2.42. The van der Waals surface area contributed by atoms with Gasteiger partial charge in [-0.3, -0.25) is 0 Å². The van der Waals surface area contributed by atoms with E-state index in [1.165, 1.54) is 14.7 Å². The third kappa shape index (κ3) is 4.47. The van der Waals surface area contributed by atoms with Crippen LogP contribution in [0.2, 0.25) is 0 Å².